The predicted molar refractivity (Wildman–Crippen MR) is 48.6 cm³/mol. The van der Waals surface area contributed by atoms with Crippen molar-refractivity contribution >= 4 is 12.6 Å². The lowest BCUT2D eigenvalue weighted by molar-refractivity contribution is 0.627. The summed E-state index contributed by atoms with van der Waals surface area (Å²) in [6, 6.07) is 6.62. The highest BCUT2D eigenvalue weighted by molar-refractivity contribution is 7.80. The molecular weight excluding hydrogens is 159 g/mol. The third-order valence-electron chi connectivity index (χ3n) is 1.54. The standard InChI is InChI=1S/C9H11FS/c10-9-5-3-8(4-6-9)2-1-7-11/h3-6,11H,1-2,7H2. The fraction of sp³-hybridized carbons (Fsp3) is 0.333. The van der Waals surface area contributed by atoms with Gasteiger partial charge in [-0.05, 0) is 36.3 Å². The molecule has 0 nitrogen and oxygen atoms in total. The molecule has 0 saturated heterocycles. The smallest absolute Gasteiger partial charge is 0.123 e. The fourth-order valence-electron chi connectivity index (χ4n) is 0.934. The summed E-state index contributed by atoms with van der Waals surface area (Å²) in [7, 11) is 0. The van der Waals surface area contributed by atoms with Gasteiger partial charge in [0.25, 0.3) is 0 Å². The van der Waals surface area contributed by atoms with E-state index < -0.39 is 0 Å². The van der Waals surface area contributed by atoms with Crippen LogP contribution < -0.4 is 0 Å². The Morgan fingerprint density at radius 1 is 1.18 bits per heavy atom. The average Bonchev–Trinajstić information content (AvgIpc) is 2.04. The number of aryl methyl sites for hydroxylation is 1. The van der Waals surface area contributed by atoms with Gasteiger partial charge in [-0.25, -0.2) is 4.39 Å². The summed E-state index contributed by atoms with van der Waals surface area (Å²) < 4.78 is 12.4. The molecule has 0 aliphatic rings. The van der Waals surface area contributed by atoms with Gasteiger partial charge < -0.3 is 0 Å². The van der Waals surface area contributed by atoms with E-state index in [-0.39, 0.29) is 5.82 Å². The maximum atomic E-state index is 12.4. The van der Waals surface area contributed by atoms with E-state index in [4.69, 9.17) is 0 Å². The lowest BCUT2D eigenvalue weighted by Gasteiger charge is -1.97. The highest BCUT2D eigenvalue weighted by Crippen LogP contribution is 2.05. The highest BCUT2D eigenvalue weighted by Gasteiger charge is 1.91. The molecule has 2 heteroatoms. The van der Waals surface area contributed by atoms with Crippen molar-refractivity contribution in [2.75, 3.05) is 5.75 Å². The Morgan fingerprint density at radius 3 is 2.36 bits per heavy atom. The fourth-order valence-corrected chi connectivity index (χ4v) is 1.09. The van der Waals surface area contributed by atoms with E-state index in [1.165, 1.54) is 17.7 Å². The minimum Gasteiger partial charge on any atom is -0.207 e. The first-order chi connectivity index (χ1) is 5.33. The summed E-state index contributed by atoms with van der Waals surface area (Å²) in [5.74, 6) is 0.719. The van der Waals surface area contributed by atoms with Crippen molar-refractivity contribution in [3.63, 3.8) is 0 Å². The molecule has 1 rings (SSSR count). The molecular formula is C9H11FS. The van der Waals surface area contributed by atoms with Gasteiger partial charge in [0.2, 0.25) is 0 Å². The zero-order valence-corrected chi connectivity index (χ0v) is 7.15. The Labute approximate surface area is 71.8 Å². The van der Waals surface area contributed by atoms with E-state index in [1.807, 2.05) is 12.1 Å². The number of rotatable bonds is 3. The molecule has 0 aliphatic carbocycles. The van der Waals surface area contributed by atoms with Crippen LogP contribution in [-0.2, 0) is 6.42 Å². The van der Waals surface area contributed by atoms with Crippen LogP contribution in [0.2, 0.25) is 0 Å². The van der Waals surface area contributed by atoms with Gasteiger partial charge in [0.05, 0.1) is 0 Å². The van der Waals surface area contributed by atoms with E-state index in [0.717, 1.165) is 18.6 Å². The van der Waals surface area contributed by atoms with Gasteiger partial charge in [-0.3, -0.25) is 0 Å². The van der Waals surface area contributed by atoms with Crippen LogP contribution in [0.5, 0.6) is 0 Å². The Hall–Kier alpha value is -0.500. The van der Waals surface area contributed by atoms with Crippen LogP contribution in [0.1, 0.15) is 12.0 Å². The molecule has 0 N–H and O–H groups in total. The lowest BCUT2D eigenvalue weighted by Crippen LogP contribution is -1.85. The topological polar surface area (TPSA) is 0 Å². The first-order valence-electron chi connectivity index (χ1n) is 3.68. The van der Waals surface area contributed by atoms with E-state index in [0.29, 0.717) is 0 Å². The van der Waals surface area contributed by atoms with Crippen molar-refractivity contribution in [3.05, 3.63) is 35.6 Å². The second-order valence-corrected chi connectivity index (χ2v) is 2.90. The van der Waals surface area contributed by atoms with Gasteiger partial charge in [0.1, 0.15) is 5.82 Å². The minimum absolute atomic E-state index is 0.167. The molecule has 0 bridgehead atoms. The van der Waals surface area contributed by atoms with Crippen LogP contribution in [0, 0.1) is 5.82 Å². The SMILES string of the molecule is Fc1ccc(CCCS)cc1. The maximum absolute atomic E-state index is 12.4. The van der Waals surface area contributed by atoms with Crippen LogP contribution in [0.3, 0.4) is 0 Å². The van der Waals surface area contributed by atoms with Crippen molar-refractivity contribution in [1.82, 2.24) is 0 Å². The third-order valence-corrected chi connectivity index (χ3v) is 1.85. The number of benzene rings is 1. The van der Waals surface area contributed by atoms with Gasteiger partial charge in [0, 0.05) is 0 Å². The van der Waals surface area contributed by atoms with E-state index >= 15 is 0 Å². The van der Waals surface area contributed by atoms with Crippen molar-refractivity contribution in [2.24, 2.45) is 0 Å². The summed E-state index contributed by atoms with van der Waals surface area (Å²) in [5, 5.41) is 0. The van der Waals surface area contributed by atoms with Crippen LogP contribution in [-0.4, -0.2) is 5.75 Å². The molecule has 11 heavy (non-hydrogen) atoms. The Bertz CT molecular complexity index is 205. The molecule has 0 amide bonds. The Kier molecular flexibility index (Phi) is 3.43. The van der Waals surface area contributed by atoms with E-state index in [2.05, 4.69) is 12.6 Å². The monoisotopic (exact) mass is 170 g/mol. The van der Waals surface area contributed by atoms with Crippen molar-refractivity contribution in [2.45, 2.75) is 12.8 Å². The molecule has 0 aromatic heterocycles. The Balaban J connectivity index is 2.52. The van der Waals surface area contributed by atoms with E-state index in [9.17, 15) is 4.39 Å². The van der Waals surface area contributed by atoms with E-state index in [1.54, 1.807) is 0 Å². The number of thiol groups is 1. The number of halogens is 1. The van der Waals surface area contributed by atoms with Gasteiger partial charge in [-0.1, -0.05) is 12.1 Å². The summed E-state index contributed by atoms with van der Waals surface area (Å²) in [6.07, 6.45) is 2.04. The van der Waals surface area contributed by atoms with Crippen LogP contribution in [0.4, 0.5) is 4.39 Å². The first-order valence-corrected chi connectivity index (χ1v) is 4.31. The molecule has 0 spiro atoms. The summed E-state index contributed by atoms with van der Waals surface area (Å²) >= 11 is 4.10. The number of hydrogen-bond donors (Lipinski definition) is 1. The second kappa shape index (κ2) is 4.39. The van der Waals surface area contributed by atoms with Crippen molar-refractivity contribution in [1.29, 1.82) is 0 Å². The summed E-state index contributed by atoms with van der Waals surface area (Å²) in [4.78, 5) is 0. The molecule has 0 unspecified atom stereocenters. The summed E-state index contributed by atoms with van der Waals surface area (Å²) in [5.41, 5.74) is 1.18. The minimum atomic E-state index is -0.167. The molecule has 1 aromatic rings. The van der Waals surface area contributed by atoms with Gasteiger partial charge >= 0.3 is 0 Å². The third kappa shape index (κ3) is 2.93. The van der Waals surface area contributed by atoms with Gasteiger partial charge in [-0.2, -0.15) is 12.6 Å². The molecule has 0 radical (unpaired) electrons. The quantitative estimate of drug-likeness (QED) is 0.662. The van der Waals surface area contributed by atoms with Gasteiger partial charge in [0.15, 0.2) is 0 Å². The predicted octanol–water partition coefficient (Wildman–Crippen LogP) is 2.69. The van der Waals surface area contributed by atoms with Crippen LogP contribution >= 0.6 is 12.6 Å². The van der Waals surface area contributed by atoms with Crippen molar-refractivity contribution < 1.29 is 4.39 Å². The van der Waals surface area contributed by atoms with Gasteiger partial charge in [-0.15, -0.1) is 0 Å². The zero-order chi connectivity index (χ0) is 8.10. The zero-order valence-electron chi connectivity index (χ0n) is 6.26. The average molecular weight is 170 g/mol. The Morgan fingerprint density at radius 2 is 1.82 bits per heavy atom. The lowest BCUT2D eigenvalue weighted by atomic mass is 10.1. The largest absolute Gasteiger partial charge is 0.207 e. The second-order valence-electron chi connectivity index (χ2n) is 2.45. The normalized spacial score (nSPS) is 10.0. The van der Waals surface area contributed by atoms with Crippen LogP contribution in [0.25, 0.3) is 0 Å². The molecule has 0 fully saturated rings. The highest BCUT2D eigenvalue weighted by atomic mass is 32.1. The molecule has 0 heterocycles. The molecule has 0 aliphatic heterocycles. The first kappa shape index (κ1) is 8.60. The van der Waals surface area contributed by atoms with Crippen LogP contribution in [0.15, 0.2) is 24.3 Å². The maximum Gasteiger partial charge on any atom is 0.123 e. The summed E-state index contributed by atoms with van der Waals surface area (Å²) in [6.45, 7) is 0. The molecule has 0 saturated carbocycles. The molecule has 60 valence electrons. The molecule has 0 atom stereocenters. The number of hydrogen-bond acceptors (Lipinski definition) is 1. The molecule has 1 aromatic carbocycles. The van der Waals surface area contributed by atoms with Crippen molar-refractivity contribution in [3.8, 4) is 0 Å².